The molecule has 1 heterocycles. The minimum Gasteiger partial charge on any atom is -0.295 e. The van der Waals surface area contributed by atoms with Crippen molar-refractivity contribution >= 4 is 35.4 Å². The van der Waals surface area contributed by atoms with Gasteiger partial charge in [-0.15, -0.1) is 0 Å². The maximum absolute atomic E-state index is 11.5. The lowest BCUT2D eigenvalue weighted by atomic mass is 10.1. The molecule has 0 saturated carbocycles. The molecule has 1 atom stereocenters. The number of hydrogen-bond donors (Lipinski definition) is 2. The molecule has 0 radical (unpaired) electrons. The summed E-state index contributed by atoms with van der Waals surface area (Å²) in [7, 11) is 0. The van der Waals surface area contributed by atoms with Crippen LogP contribution in [0.4, 0.5) is 0 Å². The van der Waals surface area contributed by atoms with E-state index in [0.717, 1.165) is 11.3 Å². The summed E-state index contributed by atoms with van der Waals surface area (Å²) in [6, 6.07) is 7.27. The zero-order chi connectivity index (χ0) is 13.0. The van der Waals surface area contributed by atoms with Crippen molar-refractivity contribution in [3.63, 3.8) is 0 Å². The number of nitrogens with one attached hydrogen (secondary N) is 2. The van der Waals surface area contributed by atoms with Crippen LogP contribution in [0.1, 0.15) is 18.4 Å². The van der Waals surface area contributed by atoms with E-state index in [9.17, 15) is 9.59 Å². The average Bonchev–Trinajstić information content (AvgIpc) is 2.34. The van der Waals surface area contributed by atoms with Gasteiger partial charge in [0.05, 0.1) is 6.04 Å². The highest BCUT2D eigenvalue weighted by Gasteiger charge is 2.25. The molecule has 4 nitrogen and oxygen atoms in total. The number of carbonyl (C=O) groups excluding carboxylic acids is 2. The molecular weight excluding hydrogens is 272 g/mol. The van der Waals surface area contributed by atoms with Crippen molar-refractivity contribution < 1.29 is 9.59 Å². The molecular formula is C12H13ClN2O2S. The van der Waals surface area contributed by atoms with Crippen LogP contribution in [0.2, 0.25) is 5.02 Å². The summed E-state index contributed by atoms with van der Waals surface area (Å²) in [4.78, 5) is 22.4. The van der Waals surface area contributed by atoms with E-state index in [1.165, 1.54) is 11.9 Å². The van der Waals surface area contributed by atoms with Crippen LogP contribution in [0.3, 0.4) is 0 Å². The van der Waals surface area contributed by atoms with Gasteiger partial charge in [-0.05, 0) is 24.1 Å². The van der Waals surface area contributed by atoms with Gasteiger partial charge in [0.15, 0.2) is 0 Å². The Hall–Kier alpha value is -1.04. The summed E-state index contributed by atoms with van der Waals surface area (Å²) in [6.07, 6.45) is 0.948. The maximum atomic E-state index is 11.5. The second kappa shape index (κ2) is 6.22. The smallest absolute Gasteiger partial charge is 0.244 e. The molecule has 1 aromatic carbocycles. The highest BCUT2D eigenvalue weighted by atomic mass is 35.5. The fraction of sp³-hybridized carbons (Fsp3) is 0.333. The Kier molecular flexibility index (Phi) is 4.63. The number of imide groups is 1. The molecule has 0 aliphatic carbocycles. The Morgan fingerprint density at radius 1 is 1.33 bits per heavy atom. The van der Waals surface area contributed by atoms with Gasteiger partial charge in [0.1, 0.15) is 0 Å². The minimum atomic E-state index is -0.292. The van der Waals surface area contributed by atoms with E-state index in [1.54, 1.807) is 0 Å². The summed E-state index contributed by atoms with van der Waals surface area (Å²) in [5.41, 5.74) is 1.13. The lowest BCUT2D eigenvalue weighted by molar-refractivity contribution is -0.134. The molecule has 2 amide bonds. The number of benzene rings is 1. The predicted molar refractivity (Wildman–Crippen MR) is 72.1 cm³/mol. The molecule has 0 spiro atoms. The van der Waals surface area contributed by atoms with Gasteiger partial charge in [-0.1, -0.05) is 35.7 Å². The second-order valence-electron chi connectivity index (χ2n) is 4.04. The first kappa shape index (κ1) is 13.4. The van der Waals surface area contributed by atoms with Crippen LogP contribution in [0, 0.1) is 0 Å². The van der Waals surface area contributed by atoms with Crippen molar-refractivity contribution in [2.45, 2.75) is 24.6 Å². The van der Waals surface area contributed by atoms with Gasteiger partial charge >= 0.3 is 0 Å². The first-order valence-electron chi connectivity index (χ1n) is 5.60. The third-order valence-corrected chi connectivity index (χ3v) is 3.80. The Bertz CT molecular complexity index is 450. The van der Waals surface area contributed by atoms with Crippen molar-refractivity contribution in [3.8, 4) is 0 Å². The Morgan fingerprint density at radius 2 is 2.06 bits per heavy atom. The summed E-state index contributed by atoms with van der Waals surface area (Å²) < 4.78 is 3.07. The van der Waals surface area contributed by atoms with Gasteiger partial charge in [0, 0.05) is 17.2 Å². The molecule has 18 heavy (non-hydrogen) atoms. The topological polar surface area (TPSA) is 58.2 Å². The van der Waals surface area contributed by atoms with E-state index in [2.05, 4.69) is 10.0 Å². The number of rotatable bonds is 4. The maximum Gasteiger partial charge on any atom is 0.244 e. The van der Waals surface area contributed by atoms with E-state index in [1.807, 2.05) is 24.3 Å². The van der Waals surface area contributed by atoms with Crippen LogP contribution in [0.15, 0.2) is 24.3 Å². The monoisotopic (exact) mass is 284 g/mol. The largest absolute Gasteiger partial charge is 0.295 e. The molecule has 1 fully saturated rings. The summed E-state index contributed by atoms with van der Waals surface area (Å²) in [6.45, 7) is 0. The molecule has 0 aromatic heterocycles. The predicted octanol–water partition coefficient (Wildman–Crippen LogP) is 1.88. The number of piperidine rings is 1. The van der Waals surface area contributed by atoms with Gasteiger partial charge in [0.25, 0.3) is 0 Å². The molecule has 2 N–H and O–H groups in total. The zero-order valence-corrected chi connectivity index (χ0v) is 11.2. The van der Waals surface area contributed by atoms with Crippen molar-refractivity contribution in [1.82, 2.24) is 10.0 Å². The lowest BCUT2D eigenvalue weighted by Gasteiger charge is -2.21. The van der Waals surface area contributed by atoms with Gasteiger partial charge in [-0.2, -0.15) is 0 Å². The van der Waals surface area contributed by atoms with Crippen molar-refractivity contribution in [2.24, 2.45) is 0 Å². The average molecular weight is 285 g/mol. The van der Waals surface area contributed by atoms with Gasteiger partial charge in [0.2, 0.25) is 11.8 Å². The van der Waals surface area contributed by atoms with Crippen molar-refractivity contribution in [2.75, 3.05) is 0 Å². The van der Waals surface area contributed by atoms with Crippen molar-refractivity contribution in [1.29, 1.82) is 0 Å². The molecule has 6 heteroatoms. The summed E-state index contributed by atoms with van der Waals surface area (Å²) in [5, 5.41) is 3.02. The van der Waals surface area contributed by atoms with Crippen LogP contribution in [-0.4, -0.2) is 17.9 Å². The van der Waals surface area contributed by atoms with E-state index >= 15 is 0 Å². The lowest BCUT2D eigenvalue weighted by Crippen LogP contribution is -2.48. The van der Waals surface area contributed by atoms with Crippen LogP contribution in [-0.2, 0) is 15.3 Å². The minimum absolute atomic E-state index is 0.194. The number of halogens is 1. The second-order valence-corrected chi connectivity index (χ2v) is 5.29. The third kappa shape index (κ3) is 3.73. The Labute approximate surface area is 115 Å². The first-order valence-corrected chi connectivity index (χ1v) is 6.97. The third-order valence-electron chi connectivity index (χ3n) is 2.62. The van der Waals surface area contributed by atoms with Gasteiger partial charge in [-0.3, -0.25) is 19.6 Å². The van der Waals surface area contributed by atoms with E-state index in [-0.39, 0.29) is 17.9 Å². The van der Waals surface area contributed by atoms with Gasteiger partial charge < -0.3 is 0 Å². The molecule has 1 saturated heterocycles. The van der Waals surface area contributed by atoms with Crippen molar-refractivity contribution in [3.05, 3.63) is 34.9 Å². The van der Waals surface area contributed by atoms with Crippen LogP contribution in [0.5, 0.6) is 0 Å². The normalized spacial score (nSPS) is 19.7. The number of carbonyl (C=O) groups is 2. The fourth-order valence-corrected chi connectivity index (χ4v) is 2.61. The molecule has 96 valence electrons. The molecule has 0 bridgehead atoms. The van der Waals surface area contributed by atoms with Crippen LogP contribution < -0.4 is 10.0 Å². The molecule has 1 aromatic rings. The molecule has 1 aliphatic heterocycles. The fourth-order valence-electron chi connectivity index (χ4n) is 1.61. The highest BCUT2D eigenvalue weighted by molar-refractivity contribution is 7.96. The van der Waals surface area contributed by atoms with Gasteiger partial charge in [-0.25, -0.2) is 0 Å². The quantitative estimate of drug-likeness (QED) is 0.655. The number of amides is 2. The molecule has 2 rings (SSSR count). The first-order chi connectivity index (χ1) is 8.65. The highest BCUT2D eigenvalue weighted by Crippen LogP contribution is 2.15. The van der Waals surface area contributed by atoms with E-state index < -0.39 is 0 Å². The van der Waals surface area contributed by atoms with Crippen LogP contribution >= 0.6 is 23.5 Å². The standard InChI is InChI=1S/C12H13ClN2O2S/c13-9-3-1-8(2-4-9)7-18-15-10-5-6-11(16)14-12(10)17/h1-4,10,15H,5-7H2,(H,14,16,17). The summed E-state index contributed by atoms with van der Waals surface area (Å²) in [5.74, 6) is 0.310. The SMILES string of the molecule is O=C1CCC(NSCc2ccc(Cl)cc2)C(=O)N1. The molecule has 1 aliphatic rings. The Balaban J connectivity index is 1.77. The van der Waals surface area contributed by atoms with Crippen LogP contribution in [0.25, 0.3) is 0 Å². The van der Waals surface area contributed by atoms with E-state index in [0.29, 0.717) is 17.9 Å². The zero-order valence-electron chi connectivity index (χ0n) is 9.61. The molecule has 1 unspecified atom stereocenters. The number of hydrogen-bond acceptors (Lipinski definition) is 4. The van der Waals surface area contributed by atoms with E-state index in [4.69, 9.17) is 11.6 Å². The summed E-state index contributed by atoms with van der Waals surface area (Å²) >= 11 is 7.25. The Morgan fingerprint density at radius 3 is 2.72 bits per heavy atom.